The number of para-hydroxylation sites is 2. The third-order valence-corrected chi connectivity index (χ3v) is 13.5. The predicted molar refractivity (Wildman–Crippen MR) is 261 cm³/mol. The minimum Gasteiger partial charge on any atom is -0.456 e. The van der Waals surface area contributed by atoms with E-state index >= 15 is 0 Å². The molecule has 0 saturated carbocycles. The van der Waals surface area contributed by atoms with Gasteiger partial charge in [0.2, 0.25) is 0 Å². The molecule has 294 valence electrons. The molecule has 2 aliphatic carbocycles. The van der Waals surface area contributed by atoms with Gasteiger partial charge in [-0.05, 0) is 121 Å². The maximum atomic E-state index is 6.49. The summed E-state index contributed by atoms with van der Waals surface area (Å²) in [7, 11) is 0. The van der Waals surface area contributed by atoms with E-state index in [1.54, 1.807) is 0 Å². The van der Waals surface area contributed by atoms with E-state index in [2.05, 4.69) is 241 Å². The smallest absolute Gasteiger partial charge is 0.136 e. The summed E-state index contributed by atoms with van der Waals surface area (Å²) in [6, 6.07) is 86.3. The average Bonchev–Trinajstić information content (AvgIpc) is 3.99. The van der Waals surface area contributed by atoms with Gasteiger partial charge in [0.1, 0.15) is 11.2 Å². The molecular weight excluding hydrogens is 763 g/mol. The number of benzene rings is 10. The lowest BCUT2D eigenvalue weighted by molar-refractivity contribution is 0.668. The van der Waals surface area contributed by atoms with E-state index in [1.807, 2.05) is 0 Å². The monoisotopic (exact) mass is 801 g/mol. The fourth-order valence-corrected chi connectivity index (χ4v) is 10.8. The summed E-state index contributed by atoms with van der Waals surface area (Å²) in [6.07, 6.45) is 0. The molecular formula is C61H39NO. The quantitative estimate of drug-likeness (QED) is 0.167. The van der Waals surface area contributed by atoms with E-state index in [1.165, 1.54) is 83.3 Å². The van der Waals surface area contributed by atoms with Crippen molar-refractivity contribution >= 4 is 39.0 Å². The van der Waals surface area contributed by atoms with Crippen molar-refractivity contribution in [2.75, 3.05) is 4.90 Å². The second-order valence-corrected chi connectivity index (χ2v) is 16.7. The third kappa shape index (κ3) is 5.25. The Kier molecular flexibility index (Phi) is 7.85. The molecule has 0 fully saturated rings. The predicted octanol–water partition coefficient (Wildman–Crippen LogP) is 16.4. The van der Waals surface area contributed by atoms with E-state index < -0.39 is 5.41 Å². The van der Waals surface area contributed by atoms with Crippen molar-refractivity contribution in [3.8, 4) is 55.6 Å². The first-order chi connectivity index (χ1) is 31.3. The van der Waals surface area contributed by atoms with Gasteiger partial charge in [-0.2, -0.15) is 0 Å². The van der Waals surface area contributed by atoms with Crippen LogP contribution in [0.1, 0.15) is 22.3 Å². The standard InChI is InChI=1S/C61H39NO/c1-3-15-40(16-4-1)41-27-32-45(33-28-41)62(56-25-13-9-19-47(56)43-17-5-2-6-18-43)46-34-29-42(30-35-46)44-31-36-49-48-20-7-11-23-52(48)61(55(49)39-44)53-24-12-8-21-50(53)59-54(61)37-38-58-60(59)51-22-10-14-26-57(51)63-58/h1-39H. The first-order valence-electron chi connectivity index (χ1n) is 21.8. The summed E-state index contributed by atoms with van der Waals surface area (Å²) in [4.78, 5) is 2.39. The van der Waals surface area contributed by atoms with Crippen molar-refractivity contribution in [2.45, 2.75) is 5.41 Å². The van der Waals surface area contributed by atoms with Crippen LogP contribution in [-0.4, -0.2) is 0 Å². The van der Waals surface area contributed by atoms with Crippen molar-refractivity contribution < 1.29 is 4.42 Å². The number of fused-ring (bicyclic) bond motifs is 14. The second-order valence-electron chi connectivity index (χ2n) is 16.7. The summed E-state index contributed by atoms with van der Waals surface area (Å²) in [5.41, 5.74) is 22.2. The van der Waals surface area contributed by atoms with Gasteiger partial charge in [-0.15, -0.1) is 0 Å². The molecule has 63 heavy (non-hydrogen) atoms. The molecule has 0 N–H and O–H groups in total. The Morgan fingerprint density at radius 3 is 1.57 bits per heavy atom. The van der Waals surface area contributed by atoms with Crippen LogP contribution in [-0.2, 0) is 5.41 Å². The van der Waals surface area contributed by atoms with Crippen LogP contribution in [0.5, 0.6) is 0 Å². The maximum absolute atomic E-state index is 6.49. The summed E-state index contributed by atoms with van der Waals surface area (Å²) in [5, 5.41) is 2.35. The Morgan fingerprint density at radius 1 is 0.317 bits per heavy atom. The second kappa shape index (κ2) is 13.9. The fourth-order valence-electron chi connectivity index (χ4n) is 10.8. The summed E-state index contributed by atoms with van der Waals surface area (Å²) >= 11 is 0. The number of anilines is 3. The van der Waals surface area contributed by atoms with Gasteiger partial charge < -0.3 is 9.32 Å². The Labute approximate surface area is 366 Å². The molecule has 11 aromatic rings. The molecule has 0 radical (unpaired) electrons. The molecule has 1 aromatic heterocycles. The molecule has 1 atom stereocenters. The highest BCUT2D eigenvalue weighted by molar-refractivity contribution is 6.16. The normalized spacial score (nSPS) is 14.4. The topological polar surface area (TPSA) is 16.4 Å². The van der Waals surface area contributed by atoms with Crippen LogP contribution in [0.4, 0.5) is 17.1 Å². The Hall–Kier alpha value is -8.20. The van der Waals surface area contributed by atoms with Crippen molar-refractivity contribution in [1.82, 2.24) is 0 Å². The number of hydrogen-bond donors (Lipinski definition) is 0. The van der Waals surface area contributed by atoms with Crippen molar-refractivity contribution in [3.63, 3.8) is 0 Å². The largest absolute Gasteiger partial charge is 0.456 e. The Balaban J connectivity index is 0.967. The average molecular weight is 802 g/mol. The van der Waals surface area contributed by atoms with Gasteiger partial charge in [0.15, 0.2) is 0 Å². The van der Waals surface area contributed by atoms with Gasteiger partial charge in [0.25, 0.3) is 0 Å². The number of hydrogen-bond acceptors (Lipinski definition) is 2. The minimum absolute atomic E-state index is 0.482. The van der Waals surface area contributed by atoms with Gasteiger partial charge >= 0.3 is 0 Å². The van der Waals surface area contributed by atoms with Gasteiger partial charge in [-0.25, -0.2) is 0 Å². The molecule has 0 amide bonds. The third-order valence-electron chi connectivity index (χ3n) is 13.5. The first kappa shape index (κ1) is 35.5. The minimum atomic E-state index is -0.482. The zero-order valence-corrected chi connectivity index (χ0v) is 34.4. The summed E-state index contributed by atoms with van der Waals surface area (Å²) in [6.45, 7) is 0. The van der Waals surface area contributed by atoms with E-state index in [4.69, 9.17) is 4.42 Å². The molecule has 13 rings (SSSR count). The van der Waals surface area contributed by atoms with Crippen LogP contribution in [0.15, 0.2) is 241 Å². The zero-order chi connectivity index (χ0) is 41.5. The fraction of sp³-hybridized carbons (Fsp3) is 0.0164. The van der Waals surface area contributed by atoms with Crippen molar-refractivity contribution in [3.05, 3.63) is 259 Å². The van der Waals surface area contributed by atoms with Crippen LogP contribution >= 0.6 is 0 Å². The SMILES string of the molecule is c1ccc(-c2ccc(N(c3ccc(-c4ccc5c(c4)C4(c6ccccc6-5)c5ccccc5-c5c4ccc4oc6ccccc6c54)cc3)c3ccccc3-c3ccccc3)cc2)cc1. The van der Waals surface area contributed by atoms with Crippen LogP contribution in [0.3, 0.4) is 0 Å². The molecule has 2 heteroatoms. The van der Waals surface area contributed by atoms with E-state index in [9.17, 15) is 0 Å². The zero-order valence-electron chi connectivity index (χ0n) is 34.4. The van der Waals surface area contributed by atoms with E-state index in [-0.39, 0.29) is 0 Å². The first-order valence-corrected chi connectivity index (χ1v) is 21.8. The van der Waals surface area contributed by atoms with Crippen LogP contribution in [0, 0.1) is 0 Å². The lowest BCUT2D eigenvalue weighted by atomic mass is 9.70. The number of furan rings is 1. The van der Waals surface area contributed by atoms with Crippen molar-refractivity contribution in [1.29, 1.82) is 0 Å². The van der Waals surface area contributed by atoms with Crippen LogP contribution < -0.4 is 4.90 Å². The highest BCUT2D eigenvalue weighted by Crippen LogP contribution is 2.64. The van der Waals surface area contributed by atoms with Gasteiger partial charge in [-0.1, -0.05) is 188 Å². The molecule has 0 aliphatic heterocycles. The molecule has 2 aliphatic rings. The van der Waals surface area contributed by atoms with Crippen LogP contribution in [0.2, 0.25) is 0 Å². The Morgan fingerprint density at radius 2 is 0.841 bits per heavy atom. The highest BCUT2D eigenvalue weighted by Gasteiger charge is 2.52. The van der Waals surface area contributed by atoms with Gasteiger partial charge in [0.05, 0.1) is 11.1 Å². The molecule has 10 aromatic carbocycles. The molecule has 0 bridgehead atoms. The molecule has 0 saturated heterocycles. The lowest BCUT2D eigenvalue weighted by Gasteiger charge is -2.30. The summed E-state index contributed by atoms with van der Waals surface area (Å²) < 4.78 is 6.49. The highest BCUT2D eigenvalue weighted by atomic mass is 16.3. The van der Waals surface area contributed by atoms with E-state index in [0.29, 0.717) is 0 Å². The Bertz CT molecular complexity index is 3550. The summed E-state index contributed by atoms with van der Waals surface area (Å²) in [5.74, 6) is 0. The van der Waals surface area contributed by atoms with E-state index in [0.717, 1.165) is 33.6 Å². The molecule has 1 heterocycles. The maximum Gasteiger partial charge on any atom is 0.136 e. The molecule has 1 spiro atoms. The molecule has 2 nitrogen and oxygen atoms in total. The van der Waals surface area contributed by atoms with Gasteiger partial charge in [0, 0.05) is 27.7 Å². The van der Waals surface area contributed by atoms with Gasteiger partial charge in [-0.3, -0.25) is 0 Å². The lowest BCUT2D eigenvalue weighted by Crippen LogP contribution is -2.25. The number of rotatable bonds is 6. The number of nitrogens with zero attached hydrogens (tertiary/aromatic N) is 1. The molecule has 1 unspecified atom stereocenters. The van der Waals surface area contributed by atoms with Crippen molar-refractivity contribution in [2.24, 2.45) is 0 Å². The van der Waals surface area contributed by atoms with Crippen LogP contribution in [0.25, 0.3) is 77.6 Å².